The van der Waals surface area contributed by atoms with Gasteiger partial charge in [0.15, 0.2) is 0 Å². The summed E-state index contributed by atoms with van der Waals surface area (Å²) >= 11 is 0. The van der Waals surface area contributed by atoms with Crippen molar-refractivity contribution in [1.29, 1.82) is 0 Å². The van der Waals surface area contributed by atoms with Gasteiger partial charge in [-0.3, -0.25) is 10.1 Å². The molecule has 0 radical (unpaired) electrons. The van der Waals surface area contributed by atoms with Crippen molar-refractivity contribution in [3.63, 3.8) is 0 Å². The van der Waals surface area contributed by atoms with Gasteiger partial charge in [-0.25, -0.2) is 0 Å². The zero-order valence-corrected chi connectivity index (χ0v) is 11.6. The van der Waals surface area contributed by atoms with Crippen LogP contribution in [0.4, 0.5) is 0 Å². The summed E-state index contributed by atoms with van der Waals surface area (Å²) in [6.45, 7) is 8.76. The average Bonchev–Trinajstić information content (AvgIpc) is 2.99. The minimum absolute atomic E-state index is 0.0676. The molecular formula is C14H26N2O. The van der Waals surface area contributed by atoms with Crippen LogP contribution in [0.2, 0.25) is 0 Å². The van der Waals surface area contributed by atoms with Gasteiger partial charge < -0.3 is 4.90 Å². The highest BCUT2D eigenvalue weighted by Gasteiger charge is 2.50. The summed E-state index contributed by atoms with van der Waals surface area (Å²) in [5.74, 6) is 1.69. The van der Waals surface area contributed by atoms with Crippen LogP contribution >= 0.6 is 0 Å². The van der Waals surface area contributed by atoms with Crippen molar-refractivity contribution < 1.29 is 4.79 Å². The van der Waals surface area contributed by atoms with Crippen molar-refractivity contribution in [2.45, 2.75) is 71.6 Å². The third-order valence-electron chi connectivity index (χ3n) is 4.14. The van der Waals surface area contributed by atoms with Crippen molar-refractivity contribution in [1.82, 2.24) is 10.2 Å². The molecule has 1 aliphatic carbocycles. The maximum atomic E-state index is 12.4. The van der Waals surface area contributed by atoms with Crippen LogP contribution in [0.25, 0.3) is 0 Å². The van der Waals surface area contributed by atoms with Gasteiger partial charge in [-0.1, -0.05) is 34.1 Å². The molecule has 3 heteroatoms. The first kappa shape index (κ1) is 12.9. The smallest absolute Gasteiger partial charge is 0.241 e. The Morgan fingerprint density at radius 2 is 2.06 bits per heavy atom. The van der Waals surface area contributed by atoms with Crippen molar-refractivity contribution in [3.05, 3.63) is 0 Å². The van der Waals surface area contributed by atoms with E-state index in [0.717, 1.165) is 18.8 Å². The standard InChI is InChI=1S/C14H26N2O/c1-5-10-8-12(10)16-13(6-2)15-11(14(16)17)7-9(3)4/h9-13,15H,5-8H2,1-4H3. The molecule has 1 saturated heterocycles. The van der Waals surface area contributed by atoms with E-state index in [1.165, 1.54) is 12.8 Å². The maximum absolute atomic E-state index is 12.4. The highest BCUT2D eigenvalue weighted by atomic mass is 16.2. The van der Waals surface area contributed by atoms with E-state index in [0.29, 0.717) is 17.9 Å². The Labute approximate surface area is 105 Å². The fourth-order valence-corrected chi connectivity index (χ4v) is 3.08. The van der Waals surface area contributed by atoms with Crippen LogP contribution in [0, 0.1) is 11.8 Å². The van der Waals surface area contributed by atoms with Gasteiger partial charge in [0, 0.05) is 6.04 Å². The Morgan fingerprint density at radius 1 is 1.35 bits per heavy atom. The molecule has 0 bridgehead atoms. The second-order valence-corrected chi connectivity index (χ2v) is 5.99. The molecule has 1 N–H and O–H groups in total. The van der Waals surface area contributed by atoms with E-state index in [4.69, 9.17) is 0 Å². The zero-order chi connectivity index (χ0) is 12.6. The molecule has 1 aliphatic heterocycles. The quantitative estimate of drug-likeness (QED) is 0.797. The van der Waals surface area contributed by atoms with E-state index in [1.54, 1.807) is 0 Å². The summed E-state index contributed by atoms with van der Waals surface area (Å²) < 4.78 is 0. The van der Waals surface area contributed by atoms with Gasteiger partial charge in [0.25, 0.3) is 0 Å². The fourth-order valence-electron chi connectivity index (χ4n) is 3.08. The summed E-state index contributed by atoms with van der Waals surface area (Å²) in [5, 5.41) is 3.51. The van der Waals surface area contributed by atoms with Crippen LogP contribution in [0.1, 0.15) is 53.4 Å². The molecule has 2 aliphatic rings. The average molecular weight is 238 g/mol. The van der Waals surface area contributed by atoms with E-state index in [2.05, 4.69) is 37.9 Å². The SMILES string of the molecule is CCC1CC1N1C(=O)C(CC(C)C)NC1CC. The van der Waals surface area contributed by atoms with Crippen molar-refractivity contribution >= 4 is 5.91 Å². The third kappa shape index (κ3) is 2.49. The Morgan fingerprint density at radius 3 is 2.53 bits per heavy atom. The lowest BCUT2D eigenvalue weighted by molar-refractivity contribution is -0.131. The first-order valence-corrected chi connectivity index (χ1v) is 7.16. The predicted octanol–water partition coefficient (Wildman–Crippen LogP) is 2.37. The summed E-state index contributed by atoms with van der Waals surface area (Å²) in [6.07, 6.45) is 4.70. The van der Waals surface area contributed by atoms with Crippen LogP contribution < -0.4 is 5.32 Å². The van der Waals surface area contributed by atoms with E-state index < -0.39 is 0 Å². The van der Waals surface area contributed by atoms with Crippen molar-refractivity contribution in [2.24, 2.45) is 11.8 Å². The topological polar surface area (TPSA) is 32.3 Å². The Balaban J connectivity index is 2.02. The molecule has 0 spiro atoms. The van der Waals surface area contributed by atoms with Crippen molar-refractivity contribution in [3.8, 4) is 0 Å². The second-order valence-electron chi connectivity index (χ2n) is 5.99. The van der Waals surface area contributed by atoms with Gasteiger partial charge in [-0.2, -0.15) is 0 Å². The lowest BCUT2D eigenvalue weighted by atomic mass is 10.0. The van der Waals surface area contributed by atoms with Crippen molar-refractivity contribution in [2.75, 3.05) is 0 Å². The molecule has 2 fully saturated rings. The van der Waals surface area contributed by atoms with Gasteiger partial charge in [0.1, 0.15) is 0 Å². The summed E-state index contributed by atoms with van der Waals surface area (Å²) in [5.41, 5.74) is 0. The molecule has 0 aromatic rings. The summed E-state index contributed by atoms with van der Waals surface area (Å²) in [7, 11) is 0. The van der Waals surface area contributed by atoms with Gasteiger partial charge >= 0.3 is 0 Å². The number of nitrogens with one attached hydrogen (secondary N) is 1. The molecule has 0 aromatic heterocycles. The highest BCUT2D eigenvalue weighted by Crippen LogP contribution is 2.41. The Hall–Kier alpha value is -0.570. The fraction of sp³-hybridized carbons (Fsp3) is 0.929. The minimum Gasteiger partial charge on any atom is -0.323 e. The first-order valence-electron chi connectivity index (χ1n) is 7.16. The number of rotatable bonds is 5. The number of amides is 1. The van der Waals surface area contributed by atoms with Gasteiger partial charge in [-0.05, 0) is 31.1 Å². The molecule has 3 nitrogen and oxygen atoms in total. The second kappa shape index (κ2) is 4.97. The molecule has 1 amide bonds. The van der Waals surface area contributed by atoms with Crippen LogP contribution in [-0.4, -0.2) is 29.1 Å². The number of hydrogen-bond acceptors (Lipinski definition) is 2. The van der Waals surface area contributed by atoms with Crippen LogP contribution in [0.3, 0.4) is 0 Å². The molecule has 1 saturated carbocycles. The third-order valence-corrected chi connectivity index (χ3v) is 4.14. The zero-order valence-electron chi connectivity index (χ0n) is 11.6. The van der Waals surface area contributed by atoms with E-state index in [1.807, 2.05) is 0 Å². The van der Waals surface area contributed by atoms with Crippen LogP contribution in [0.15, 0.2) is 0 Å². The number of hydrogen-bond donors (Lipinski definition) is 1. The number of nitrogens with zero attached hydrogens (tertiary/aromatic N) is 1. The van der Waals surface area contributed by atoms with Crippen LogP contribution in [0.5, 0.6) is 0 Å². The Kier molecular flexibility index (Phi) is 3.76. The maximum Gasteiger partial charge on any atom is 0.241 e. The Bertz CT molecular complexity index is 290. The molecule has 4 unspecified atom stereocenters. The molecule has 1 heterocycles. The van der Waals surface area contributed by atoms with Crippen LogP contribution in [-0.2, 0) is 4.79 Å². The van der Waals surface area contributed by atoms with E-state index in [9.17, 15) is 4.79 Å². The number of carbonyl (C=O) groups excluding carboxylic acids is 1. The van der Waals surface area contributed by atoms with E-state index >= 15 is 0 Å². The monoisotopic (exact) mass is 238 g/mol. The normalized spacial score (nSPS) is 37.0. The van der Waals surface area contributed by atoms with Gasteiger partial charge in [0.2, 0.25) is 5.91 Å². The molecule has 0 aromatic carbocycles. The minimum atomic E-state index is 0.0676. The molecular weight excluding hydrogens is 212 g/mol. The molecule has 2 rings (SSSR count). The number of carbonyl (C=O) groups is 1. The summed E-state index contributed by atoms with van der Waals surface area (Å²) in [4.78, 5) is 14.6. The largest absolute Gasteiger partial charge is 0.323 e. The molecule has 4 atom stereocenters. The molecule has 98 valence electrons. The van der Waals surface area contributed by atoms with E-state index in [-0.39, 0.29) is 12.2 Å². The first-order chi connectivity index (χ1) is 8.08. The predicted molar refractivity (Wildman–Crippen MR) is 69.5 cm³/mol. The van der Waals surface area contributed by atoms with Gasteiger partial charge in [-0.15, -0.1) is 0 Å². The van der Waals surface area contributed by atoms with Gasteiger partial charge in [0.05, 0.1) is 12.2 Å². The summed E-state index contributed by atoms with van der Waals surface area (Å²) in [6, 6.07) is 0.597. The lowest BCUT2D eigenvalue weighted by Crippen LogP contribution is -2.39. The highest BCUT2D eigenvalue weighted by molar-refractivity contribution is 5.85. The lowest BCUT2D eigenvalue weighted by Gasteiger charge is -2.23. The molecule has 17 heavy (non-hydrogen) atoms.